The number of piperidine rings is 1. The molecule has 0 aromatic carbocycles. The van der Waals surface area contributed by atoms with Crippen LogP contribution in [0.2, 0.25) is 0 Å². The standard InChI is InChI=1S/C9H15NO/c11-9-8(2-1-5-10-9)6-7-3-4-7/h7-8H,1-6H2,(H,10,11). The highest BCUT2D eigenvalue weighted by molar-refractivity contribution is 5.79. The summed E-state index contributed by atoms with van der Waals surface area (Å²) in [6.07, 6.45) is 6.20. The van der Waals surface area contributed by atoms with E-state index in [0.717, 1.165) is 25.3 Å². The quantitative estimate of drug-likeness (QED) is 0.636. The van der Waals surface area contributed by atoms with Gasteiger partial charge < -0.3 is 5.32 Å². The molecule has 0 aromatic rings. The molecule has 1 aliphatic carbocycles. The molecule has 11 heavy (non-hydrogen) atoms. The van der Waals surface area contributed by atoms with E-state index in [1.54, 1.807) is 0 Å². The van der Waals surface area contributed by atoms with E-state index in [4.69, 9.17) is 0 Å². The van der Waals surface area contributed by atoms with Crippen molar-refractivity contribution in [3.63, 3.8) is 0 Å². The van der Waals surface area contributed by atoms with Crippen LogP contribution in [0.3, 0.4) is 0 Å². The minimum absolute atomic E-state index is 0.308. The number of amides is 1. The highest BCUT2D eigenvalue weighted by Gasteiger charge is 2.30. The summed E-state index contributed by atoms with van der Waals surface area (Å²) in [5.41, 5.74) is 0. The monoisotopic (exact) mass is 153 g/mol. The molecule has 0 radical (unpaired) electrons. The highest BCUT2D eigenvalue weighted by Crippen LogP contribution is 2.37. The molecule has 1 unspecified atom stereocenters. The zero-order valence-corrected chi connectivity index (χ0v) is 6.81. The first-order valence-corrected chi connectivity index (χ1v) is 4.64. The van der Waals surface area contributed by atoms with E-state index in [-0.39, 0.29) is 0 Å². The van der Waals surface area contributed by atoms with Gasteiger partial charge in [-0.2, -0.15) is 0 Å². The Bertz CT molecular complexity index is 163. The van der Waals surface area contributed by atoms with Gasteiger partial charge in [-0.3, -0.25) is 4.79 Å². The molecule has 2 nitrogen and oxygen atoms in total. The third kappa shape index (κ3) is 1.73. The first kappa shape index (κ1) is 7.14. The maximum Gasteiger partial charge on any atom is 0.223 e. The predicted octanol–water partition coefficient (Wildman–Crippen LogP) is 1.31. The molecule has 62 valence electrons. The van der Waals surface area contributed by atoms with E-state index in [9.17, 15) is 4.79 Å². The topological polar surface area (TPSA) is 29.1 Å². The fourth-order valence-electron chi connectivity index (χ4n) is 1.82. The fraction of sp³-hybridized carbons (Fsp3) is 0.889. The van der Waals surface area contributed by atoms with Crippen LogP contribution in [0.5, 0.6) is 0 Å². The van der Waals surface area contributed by atoms with Gasteiger partial charge in [-0.05, 0) is 25.2 Å². The summed E-state index contributed by atoms with van der Waals surface area (Å²) in [5, 5.41) is 2.93. The Hall–Kier alpha value is -0.530. The van der Waals surface area contributed by atoms with Crippen LogP contribution >= 0.6 is 0 Å². The summed E-state index contributed by atoms with van der Waals surface area (Å²) in [7, 11) is 0. The van der Waals surface area contributed by atoms with Gasteiger partial charge >= 0.3 is 0 Å². The Kier molecular flexibility index (Phi) is 1.84. The second-order valence-corrected chi connectivity index (χ2v) is 3.81. The van der Waals surface area contributed by atoms with E-state index in [1.165, 1.54) is 19.3 Å². The third-order valence-corrected chi connectivity index (χ3v) is 2.71. The molecule has 1 atom stereocenters. The molecule has 0 spiro atoms. The molecule has 1 heterocycles. The lowest BCUT2D eigenvalue weighted by atomic mass is 9.93. The minimum atomic E-state index is 0.308. The van der Waals surface area contributed by atoms with Gasteiger partial charge in [0.25, 0.3) is 0 Å². The molecule has 1 N–H and O–H groups in total. The van der Waals surface area contributed by atoms with E-state index in [0.29, 0.717) is 11.8 Å². The lowest BCUT2D eigenvalue weighted by Crippen LogP contribution is -2.36. The van der Waals surface area contributed by atoms with Crippen molar-refractivity contribution in [2.24, 2.45) is 11.8 Å². The van der Waals surface area contributed by atoms with Crippen LogP contribution in [-0.4, -0.2) is 12.5 Å². The molecular formula is C9H15NO. The average Bonchev–Trinajstić information content (AvgIpc) is 2.78. The normalized spacial score (nSPS) is 31.6. The first-order chi connectivity index (χ1) is 5.36. The summed E-state index contributed by atoms with van der Waals surface area (Å²) < 4.78 is 0. The molecule has 1 saturated carbocycles. The Morgan fingerprint density at radius 1 is 1.36 bits per heavy atom. The van der Waals surface area contributed by atoms with Crippen molar-refractivity contribution in [1.82, 2.24) is 5.32 Å². The molecule has 2 fully saturated rings. The summed E-state index contributed by atoms with van der Waals surface area (Å²) in [5.74, 6) is 1.56. The van der Waals surface area contributed by atoms with Gasteiger partial charge in [0, 0.05) is 12.5 Å². The van der Waals surface area contributed by atoms with Crippen LogP contribution in [0.15, 0.2) is 0 Å². The molecule has 2 rings (SSSR count). The highest BCUT2D eigenvalue weighted by atomic mass is 16.1. The Balaban J connectivity index is 1.83. The molecule has 1 saturated heterocycles. The number of hydrogen-bond donors (Lipinski definition) is 1. The number of nitrogens with one attached hydrogen (secondary N) is 1. The van der Waals surface area contributed by atoms with Gasteiger partial charge in [0.05, 0.1) is 0 Å². The molecule has 0 aromatic heterocycles. The number of hydrogen-bond acceptors (Lipinski definition) is 1. The van der Waals surface area contributed by atoms with Crippen molar-refractivity contribution < 1.29 is 4.79 Å². The maximum atomic E-state index is 11.2. The van der Waals surface area contributed by atoms with E-state index in [2.05, 4.69) is 5.32 Å². The smallest absolute Gasteiger partial charge is 0.223 e. The van der Waals surface area contributed by atoms with Crippen molar-refractivity contribution in [2.75, 3.05) is 6.54 Å². The number of carbonyl (C=O) groups excluding carboxylic acids is 1. The van der Waals surface area contributed by atoms with Crippen molar-refractivity contribution in [3.8, 4) is 0 Å². The molecule has 0 bridgehead atoms. The number of carbonyl (C=O) groups is 1. The summed E-state index contributed by atoms with van der Waals surface area (Å²) in [4.78, 5) is 11.2. The lowest BCUT2D eigenvalue weighted by Gasteiger charge is -2.21. The van der Waals surface area contributed by atoms with Crippen molar-refractivity contribution in [2.45, 2.75) is 32.1 Å². The Morgan fingerprint density at radius 2 is 2.18 bits per heavy atom. The van der Waals surface area contributed by atoms with Crippen molar-refractivity contribution in [1.29, 1.82) is 0 Å². The maximum absolute atomic E-state index is 11.2. The third-order valence-electron chi connectivity index (χ3n) is 2.71. The number of rotatable bonds is 2. The molecule has 1 aliphatic heterocycles. The molecular weight excluding hydrogens is 138 g/mol. The summed E-state index contributed by atoms with van der Waals surface area (Å²) in [6, 6.07) is 0. The van der Waals surface area contributed by atoms with E-state index in [1.807, 2.05) is 0 Å². The molecule has 2 heteroatoms. The van der Waals surface area contributed by atoms with E-state index >= 15 is 0 Å². The van der Waals surface area contributed by atoms with E-state index < -0.39 is 0 Å². The van der Waals surface area contributed by atoms with Gasteiger partial charge in [-0.1, -0.05) is 12.8 Å². The van der Waals surface area contributed by atoms with Crippen LogP contribution < -0.4 is 5.32 Å². The van der Waals surface area contributed by atoms with Crippen LogP contribution in [0.4, 0.5) is 0 Å². The van der Waals surface area contributed by atoms with Gasteiger partial charge in [-0.15, -0.1) is 0 Å². The second kappa shape index (κ2) is 2.84. The predicted molar refractivity (Wildman–Crippen MR) is 43.1 cm³/mol. The first-order valence-electron chi connectivity index (χ1n) is 4.64. The van der Waals surface area contributed by atoms with Crippen LogP contribution in [0.25, 0.3) is 0 Å². The van der Waals surface area contributed by atoms with Gasteiger partial charge in [0.2, 0.25) is 5.91 Å². The second-order valence-electron chi connectivity index (χ2n) is 3.81. The van der Waals surface area contributed by atoms with Crippen molar-refractivity contribution in [3.05, 3.63) is 0 Å². The van der Waals surface area contributed by atoms with Crippen LogP contribution in [0.1, 0.15) is 32.1 Å². The average molecular weight is 153 g/mol. The van der Waals surface area contributed by atoms with Crippen LogP contribution in [0, 0.1) is 11.8 Å². The zero-order valence-electron chi connectivity index (χ0n) is 6.81. The van der Waals surface area contributed by atoms with Gasteiger partial charge in [-0.25, -0.2) is 0 Å². The summed E-state index contributed by atoms with van der Waals surface area (Å²) in [6.45, 7) is 0.903. The van der Waals surface area contributed by atoms with Gasteiger partial charge in [0.1, 0.15) is 0 Å². The lowest BCUT2D eigenvalue weighted by molar-refractivity contribution is -0.126. The van der Waals surface area contributed by atoms with Gasteiger partial charge in [0.15, 0.2) is 0 Å². The zero-order chi connectivity index (χ0) is 7.68. The van der Waals surface area contributed by atoms with Crippen LogP contribution in [-0.2, 0) is 4.79 Å². The van der Waals surface area contributed by atoms with Crippen molar-refractivity contribution >= 4 is 5.91 Å². The molecule has 2 aliphatic rings. The fourth-order valence-corrected chi connectivity index (χ4v) is 1.82. The Labute approximate surface area is 67.4 Å². The summed E-state index contributed by atoms with van der Waals surface area (Å²) >= 11 is 0. The molecule has 1 amide bonds. The SMILES string of the molecule is O=C1NCCCC1CC1CC1. The minimum Gasteiger partial charge on any atom is -0.356 e. The largest absolute Gasteiger partial charge is 0.356 e. The Morgan fingerprint density at radius 3 is 2.82 bits per heavy atom.